The summed E-state index contributed by atoms with van der Waals surface area (Å²) in [4.78, 5) is 8.10. The molecular formula is C15H10N4OS. The third kappa shape index (κ3) is 1.84. The molecule has 0 fully saturated rings. The first kappa shape index (κ1) is 12.2. The lowest BCUT2D eigenvalue weighted by Crippen LogP contribution is -1.99. The molecule has 21 heavy (non-hydrogen) atoms. The topological polar surface area (TPSA) is 63.8 Å². The summed E-state index contributed by atoms with van der Waals surface area (Å²) in [6, 6.07) is 14.0. The average molecular weight is 294 g/mol. The van der Waals surface area contributed by atoms with Crippen molar-refractivity contribution in [3.8, 4) is 11.6 Å². The second kappa shape index (κ2) is 4.46. The molecule has 0 saturated heterocycles. The van der Waals surface area contributed by atoms with E-state index in [1.165, 1.54) is 0 Å². The van der Waals surface area contributed by atoms with Crippen molar-refractivity contribution in [2.75, 3.05) is 0 Å². The van der Waals surface area contributed by atoms with Gasteiger partial charge in [-0.15, -0.1) is 12.6 Å². The van der Waals surface area contributed by atoms with E-state index < -0.39 is 0 Å². The summed E-state index contributed by atoms with van der Waals surface area (Å²) in [6.45, 7) is 0. The predicted molar refractivity (Wildman–Crippen MR) is 83.1 cm³/mol. The molecule has 0 unspecified atom stereocenters. The normalized spacial score (nSPS) is 11.3. The minimum atomic E-state index is -0.114. The molecule has 1 N–H and O–H groups in total. The van der Waals surface area contributed by atoms with Crippen LogP contribution in [0.3, 0.4) is 0 Å². The number of hydrogen-bond acceptors (Lipinski definition) is 5. The molecule has 2 heterocycles. The molecule has 2 aromatic heterocycles. The molecule has 5 nitrogen and oxygen atoms in total. The van der Waals surface area contributed by atoms with Crippen LogP contribution in [-0.2, 0) is 0 Å². The third-order valence-corrected chi connectivity index (χ3v) is 3.59. The van der Waals surface area contributed by atoms with E-state index in [0.29, 0.717) is 11.0 Å². The number of thiol groups is 1. The van der Waals surface area contributed by atoms with Crippen LogP contribution in [0.2, 0.25) is 0 Å². The summed E-state index contributed by atoms with van der Waals surface area (Å²) in [6.07, 6.45) is 1.56. The Morgan fingerprint density at radius 1 is 0.952 bits per heavy atom. The number of benzene rings is 2. The maximum absolute atomic E-state index is 9.87. The number of aromatic hydroxyl groups is 1. The van der Waals surface area contributed by atoms with Crippen molar-refractivity contribution in [2.24, 2.45) is 0 Å². The molecule has 0 bridgehead atoms. The molecule has 0 saturated carbocycles. The van der Waals surface area contributed by atoms with Gasteiger partial charge in [-0.3, -0.25) is 0 Å². The van der Waals surface area contributed by atoms with Gasteiger partial charge in [-0.05, 0) is 11.5 Å². The number of fused-ring (bicyclic) bond motifs is 2. The second-order valence-corrected chi connectivity index (χ2v) is 5.04. The lowest BCUT2D eigenvalue weighted by atomic mass is 10.1. The second-order valence-electron chi connectivity index (χ2n) is 4.64. The Kier molecular flexibility index (Phi) is 2.58. The molecule has 0 amide bonds. The highest BCUT2D eigenvalue weighted by molar-refractivity contribution is 7.80. The molecule has 0 radical (unpaired) electrons. The molecular weight excluding hydrogens is 284 g/mol. The Morgan fingerprint density at radius 2 is 1.76 bits per heavy atom. The van der Waals surface area contributed by atoms with Crippen LogP contribution in [0.5, 0.6) is 5.88 Å². The van der Waals surface area contributed by atoms with E-state index in [4.69, 9.17) is 0 Å². The molecule has 0 aliphatic carbocycles. The predicted octanol–water partition coefficient (Wildman–Crippen LogP) is 2.96. The highest BCUT2D eigenvalue weighted by Gasteiger charge is 2.13. The summed E-state index contributed by atoms with van der Waals surface area (Å²) in [5.74, 6) is -0.114. The highest BCUT2D eigenvalue weighted by Crippen LogP contribution is 2.27. The van der Waals surface area contributed by atoms with Gasteiger partial charge >= 0.3 is 0 Å². The van der Waals surface area contributed by atoms with E-state index in [0.717, 1.165) is 16.5 Å². The first-order chi connectivity index (χ1) is 10.2. The summed E-state index contributed by atoms with van der Waals surface area (Å²) < 4.78 is 1.69. The Hall–Kier alpha value is -2.60. The van der Waals surface area contributed by atoms with Crippen molar-refractivity contribution in [3.05, 3.63) is 48.7 Å². The van der Waals surface area contributed by atoms with Crippen molar-refractivity contribution < 1.29 is 5.11 Å². The standard InChI is InChI=1S/C15H10N4OS/c20-14-11-8-16-19(13(11)17-15(21)18-14)12-7-3-5-9-4-1-2-6-10(9)12/h1-8H,(H2,17,18,20,21). The van der Waals surface area contributed by atoms with Crippen LogP contribution in [-0.4, -0.2) is 24.9 Å². The molecule has 0 aliphatic heterocycles. The smallest absolute Gasteiger partial charge is 0.226 e. The zero-order valence-corrected chi connectivity index (χ0v) is 11.7. The Labute approximate surface area is 125 Å². The van der Waals surface area contributed by atoms with E-state index in [1.54, 1.807) is 10.9 Å². The summed E-state index contributed by atoms with van der Waals surface area (Å²) >= 11 is 4.11. The van der Waals surface area contributed by atoms with Crippen LogP contribution >= 0.6 is 12.6 Å². The first-order valence-electron chi connectivity index (χ1n) is 6.36. The van der Waals surface area contributed by atoms with E-state index >= 15 is 0 Å². The van der Waals surface area contributed by atoms with Crippen molar-refractivity contribution >= 4 is 34.4 Å². The fourth-order valence-electron chi connectivity index (χ4n) is 2.45. The lowest BCUT2D eigenvalue weighted by Gasteiger charge is -2.07. The van der Waals surface area contributed by atoms with Gasteiger partial charge in [0.2, 0.25) is 5.88 Å². The average Bonchev–Trinajstić information content (AvgIpc) is 2.90. The van der Waals surface area contributed by atoms with Crippen molar-refractivity contribution in [1.29, 1.82) is 0 Å². The van der Waals surface area contributed by atoms with Gasteiger partial charge in [0.1, 0.15) is 5.39 Å². The van der Waals surface area contributed by atoms with Gasteiger partial charge in [-0.1, -0.05) is 36.4 Å². The minimum absolute atomic E-state index is 0.114. The zero-order chi connectivity index (χ0) is 14.4. The van der Waals surface area contributed by atoms with E-state index in [-0.39, 0.29) is 11.0 Å². The largest absolute Gasteiger partial charge is 0.493 e. The Balaban J connectivity index is 2.10. The molecule has 2 aromatic carbocycles. The molecule has 4 aromatic rings. The molecule has 4 rings (SSSR count). The number of rotatable bonds is 1. The Morgan fingerprint density at radius 3 is 2.67 bits per heavy atom. The third-order valence-electron chi connectivity index (χ3n) is 3.39. The SMILES string of the molecule is Oc1nc(S)nc2c1cnn2-c1cccc2ccccc12. The summed E-state index contributed by atoms with van der Waals surface area (Å²) in [5, 5.41) is 17.1. The van der Waals surface area contributed by atoms with Crippen molar-refractivity contribution in [3.63, 3.8) is 0 Å². The van der Waals surface area contributed by atoms with E-state index in [9.17, 15) is 5.11 Å². The molecule has 102 valence electrons. The van der Waals surface area contributed by atoms with Gasteiger partial charge in [0, 0.05) is 5.39 Å². The van der Waals surface area contributed by atoms with Gasteiger partial charge in [0.05, 0.1) is 11.9 Å². The Bertz CT molecular complexity index is 975. The number of aromatic nitrogens is 4. The van der Waals surface area contributed by atoms with E-state index in [2.05, 4.69) is 27.7 Å². The van der Waals surface area contributed by atoms with Crippen LogP contribution in [0, 0.1) is 0 Å². The number of hydrogen-bond donors (Lipinski definition) is 2. The van der Waals surface area contributed by atoms with Gasteiger partial charge in [-0.25, -0.2) is 9.67 Å². The molecule has 6 heteroatoms. The zero-order valence-electron chi connectivity index (χ0n) is 10.8. The van der Waals surface area contributed by atoms with Crippen LogP contribution in [0.25, 0.3) is 27.5 Å². The summed E-state index contributed by atoms with van der Waals surface area (Å²) in [7, 11) is 0. The minimum Gasteiger partial charge on any atom is -0.493 e. The van der Waals surface area contributed by atoms with Crippen LogP contribution < -0.4 is 0 Å². The van der Waals surface area contributed by atoms with Crippen LogP contribution in [0.1, 0.15) is 0 Å². The van der Waals surface area contributed by atoms with Gasteiger partial charge in [0.15, 0.2) is 10.8 Å². The molecule has 0 spiro atoms. The molecule has 0 aliphatic rings. The lowest BCUT2D eigenvalue weighted by molar-refractivity contribution is 0.453. The maximum Gasteiger partial charge on any atom is 0.226 e. The van der Waals surface area contributed by atoms with Gasteiger partial charge in [-0.2, -0.15) is 10.1 Å². The van der Waals surface area contributed by atoms with E-state index in [1.807, 2.05) is 42.5 Å². The van der Waals surface area contributed by atoms with Gasteiger partial charge in [0.25, 0.3) is 0 Å². The van der Waals surface area contributed by atoms with Crippen LogP contribution in [0.15, 0.2) is 53.8 Å². The molecule has 0 atom stereocenters. The van der Waals surface area contributed by atoms with Crippen molar-refractivity contribution in [1.82, 2.24) is 19.7 Å². The highest BCUT2D eigenvalue weighted by atomic mass is 32.1. The van der Waals surface area contributed by atoms with Crippen molar-refractivity contribution in [2.45, 2.75) is 5.16 Å². The fraction of sp³-hybridized carbons (Fsp3) is 0. The number of nitrogens with zero attached hydrogens (tertiary/aromatic N) is 4. The maximum atomic E-state index is 9.87. The fourth-order valence-corrected chi connectivity index (χ4v) is 2.64. The van der Waals surface area contributed by atoms with Crippen LogP contribution in [0.4, 0.5) is 0 Å². The van der Waals surface area contributed by atoms with Gasteiger partial charge < -0.3 is 5.11 Å². The first-order valence-corrected chi connectivity index (χ1v) is 6.80. The quantitative estimate of drug-likeness (QED) is 0.418. The monoisotopic (exact) mass is 294 g/mol. The summed E-state index contributed by atoms with van der Waals surface area (Å²) in [5.41, 5.74) is 1.43.